The van der Waals surface area contributed by atoms with E-state index in [4.69, 9.17) is 21.4 Å². The molecular weight excluding hydrogens is 296 g/mol. The molecule has 1 unspecified atom stereocenters. The van der Waals surface area contributed by atoms with Gasteiger partial charge >= 0.3 is 0 Å². The molecule has 0 fully saturated rings. The van der Waals surface area contributed by atoms with Gasteiger partial charge < -0.3 is 9.16 Å². The molecule has 6 heteroatoms. The zero-order valence-corrected chi connectivity index (χ0v) is 15.7. The monoisotopic (exact) mass is 322 g/mol. The average molecular weight is 323 g/mol. The molecule has 0 aromatic rings. The Morgan fingerprint density at radius 3 is 2.32 bits per heavy atom. The second kappa shape index (κ2) is 7.76. The number of Topliss-reactive ketones (excluding diaryl/α,β-unsaturated/α-hetero) is 1. The second-order valence-electron chi connectivity index (χ2n) is 5.96. The van der Waals surface area contributed by atoms with Crippen LogP contribution in [-0.2, 0) is 14.0 Å². The highest BCUT2D eigenvalue weighted by atomic mass is 32.2. The fourth-order valence-corrected chi connectivity index (χ4v) is 3.45. The molecule has 0 aliphatic carbocycles. The van der Waals surface area contributed by atoms with Gasteiger partial charge in [0.25, 0.3) is 0 Å². The highest BCUT2D eigenvalue weighted by molar-refractivity contribution is 8.23. The summed E-state index contributed by atoms with van der Waals surface area (Å²) in [6.45, 7) is 15.0. The van der Waals surface area contributed by atoms with Gasteiger partial charge in [0, 0.05) is 0 Å². The molecule has 0 saturated heterocycles. The highest BCUT2D eigenvalue weighted by Gasteiger charge is 2.39. The maximum Gasteiger partial charge on any atom is 0.220 e. The van der Waals surface area contributed by atoms with E-state index in [1.807, 2.05) is 13.8 Å². The normalized spacial score (nSPS) is 14.1. The Morgan fingerprint density at radius 2 is 1.89 bits per heavy atom. The molecule has 19 heavy (non-hydrogen) atoms. The Kier molecular flexibility index (Phi) is 7.80. The lowest BCUT2D eigenvalue weighted by molar-refractivity contribution is -0.122. The molecule has 0 aromatic heterocycles. The highest BCUT2D eigenvalue weighted by Crippen LogP contribution is 2.37. The summed E-state index contributed by atoms with van der Waals surface area (Å²) in [4.78, 5) is 12.0. The Morgan fingerprint density at radius 1 is 1.37 bits per heavy atom. The summed E-state index contributed by atoms with van der Waals surface area (Å²) in [7, 11) is -1.90. The van der Waals surface area contributed by atoms with Crippen LogP contribution in [-0.4, -0.2) is 36.9 Å². The van der Waals surface area contributed by atoms with E-state index in [1.54, 1.807) is 0 Å². The van der Waals surface area contributed by atoms with Crippen molar-refractivity contribution < 1.29 is 14.0 Å². The minimum atomic E-state index is -1.90. The van der Waals surface area contributed by atoms with Crippen molar-refractivity contribution in [2.45, 2.75) is 58.9 Å². The van der Waals surface area contributed by atoms with Gasteiger partial charge in [0.15, 0.2) is 14.1 Å². The molecule has 3 nitrogen and oxygen atoms in total. The van der Waals surface area contributed by atoms with E-state index in [2.05, 4.69) is 33.9 Å². The molecule has 0 heterocycles. The first kappa shape index (κ1) is 19.1. The summed E-state index contributed by atoms with van der Waals surface area (Å²) in [6.07, 6.45) is -0.377. The first-order valence-electron chi connectivity index (χ1n) is 6.51. The van der Waals surface area contributed by atoms with Crippen LogP contribution in [0, 0.1) is 0 Å². The van der Waals surface area contributed by atoms with E-state index >= 15 is 0 Å². The summed E-state index contributed by atoms with van der Waals surface area (Å²) in [5.74, 6) is 0.381. The number of carbonyl (C=O) groups excluding carboxylic acids is 1. The maximum absolute atomic E-state index is 12.0. The van der Waals surface area contributed by atoms with E-state index in [1.165, 1.54) is 11.8 Å². The van der Waals surface area contributed by atoms with Gasteiger partial charge in [-0.15, -0.1) is 0 Å². The van der Waals surface area contributed by atoms with Crippen LogP contribution in [0.1, 0.15) is 34.6 Å². The van der Waals surface area contributed by atoms with E-state index in [0.717, 1.165) is 0 Å². The van der Waals surface area contributed by atoms with Crippen molar-refractivity contribution >= 4 is 42.5 Å². The van der Waals surface area contributed by atoms with Crippen LogP contribution in [0.25, 0.3) is 0 Å². The number of ether oxygens (including phenoxy) is 1. The molecule has 0 aliphatic heterocycles. The Balaban J connectivity index is 4.32. The lowest BCUT2D eigenvalue weighted by Gasteiger charge is -2.38. The SMILES string of the molecule is CCOC(=S)SCC(=O)C(C)O[Si](C)(C)C(C)(C)C. The fourth-order valence-electron chi connectivity index (χ4n) is 1.09. The molecule has 0 amide bonds. The van der Waals surface area contributed by atoms with E-state index in [9.17, 15) is 4.79 Å². The molecule has 0 rings (SSSR count). The van der Waals surface area contributed by atoms with Crippen LogP contribution >= 0.6 is 24.0 Å². The largest absolute Gasteiger partial charge is 0.479 e. The van der Waals surface area contributed by atoms with Gasteiger partial charge in [0.05, 0.1) is 12.4 Å². The van der Waals surface area contributed by atoms with Crippen molar-refractivity contribution in [3.63, 3.8) is 0 Å². The summed E-state index contributed by atoms with van der Waals surface area (Å²) in [5.41, 5.74) is 0. The number of hydrogen-bond acceptors (Lipinski definition) is 5. The van der Waals surface area contributed by atoms with E-state index in [0.29, 0.717) is 16.7 Å². The van der Waals surface area contributed by atoms with Crippen molar-refractivity contribution in [1.29, 1.82) is 0 Å². The Bertz CT molecular complexity index is 324. The number of rotatable bonds is 6. The minimum Gasteiger partial charge on any atom is -0.479 e. The third-order valence-corrected chi connectivity index (χ3v) is 9.13. The van der Waals surface area contributed by atoms with Gasteiger partial charge in [-0.25, -0.2) is 0 Å². The van der Waals surface area contributed by atoms with Gasteiger partial charge in [0.2, 0.25) is 4.38 Å². The summed E-state index contributed by atoms with van der Waals surface area (Å²) in [5, 5.41) is 0.106. The van der Waals surface area contributed by atoms with Gasteiger partial charge in [-0.1, -0.05) is 32.5 Å². The van der Waals surface area contributed by atoms with Crippen molar-refractivity contribution in [1.82, 2.24) is 0 Å². The number of thiocarbonyl (C=S) groups is 1. The topological polar surface area (TPSA) is 35.5 Å². The molecule has 0 bridgehead atoms. The third kappa shape index (κ3) is 6.88. The molecule has 1 atom stereocenters. The second-order valence-corrected chi connectivity index (χ2v) is 12.3. The van der Waals surface area contributed by atoms with Crippen molar-refractivity contribution in [3.8, 4) is 0 Å². The zero-order chi connectivity index (χ0) is 15.3. The maximum atomic E-state index is 12.0. The van der Waals surface area contributed by atoms with Gasteiger partial charge in [-0.2, -0.15) is 0 Å². The molecule has 0 aromatic carbocycles. The molecule has 0 aliphatic rings. The smallest absolute Gasteiger partial charge is 0.220 e. The average Bonchev–Trinajstić information content (AvgIpc) is 2.24. The quantitative estimate of drug-likeness (QED) is 0.545. The molecule has 112 valence electrons. The van der Waals surface area contributed by atoms with Crippen LogP contribution in [0.4, 0.5) is 0 Å². The molecule has 0 N–H and O–H groups in total. The van der Waals surface area contributed by atoms with E-state index < -0.39 is 8.32 Å². The fraction of sp³-hybridized carbons (Fsp3) is 0.846. The number of ketones is 1. The minimum absolute atomic E-state index is 0.0666. The molecule has 0 radical (unpaired) electrons. The summed E-state index contributed by atoms with van der Waals surface area (Å²) >= 11 is 6.25. The number of hydrogen-bond donors (Lipinski definition) is 0. The lowest BCUT2D eigenvalue weighted by atomic mass is 10.2. The predicted octanol–water partition coefficient (Wildman–Crippen LogP) is 4.02. The van der Waals surface area contributed by atoms with Crippen molar-refractivity contribution in [2.75, 3.05) is 12.4 Å². The molecule has 0 spiro atoms. The lowest BCUT2D eigenvalue weighted by Crippen LogP contribution is -2.45. The Hall–Kier alpha value is 0.0869. The molecule has 0 saturated carbocycles. The van der Waals surface area contributed by atoms with Crippen LogP contribution in [0.15, 0.2) is 0 Å². The first-order chi connectivity index (χ1) is 8.51. The van der Waals surface area contributed by atoms with Crippen molar-refractivity contribution in [3.05, 3.63) is 0 Å². The number of thioether (sulfide) groups is 1. The van der Waals surface area contributed by atoms with Gasteiger partial charge in [-0.3, -0.25) is 4.79 Å². The van der Waals surface area contributed by atoms with Gasteiger partial charge in [-0.05, 0) is 44.2 Å². The van der Waals surface area contributed by atoms with Crippen LogP contribution in [0.2, 0.25) is 18.1 Å². The summed E-state index contributed by atoms with van der Waals surface area (Å²) < 4.78 is 11.6. The third-order valence-electron chi connectivity index (χ3n) is 3.33. The predicted molar refractivity (Wildman–Crippen MR) is 89.4 cm³/mol. The first-order valence-corrected chi connectivity index (χ1v) is 10.8. The van der Waals surface area contributed by atoms with Crippen LogP contribution < -0.4 is 0 Å². The molecular formula is C13H26O3S2Si. The van der Waals surface area contributed by atoms with Crippen molar-refractivity contribution in [2.24, 2.45) is 0 Å². The standard InChI is InChI=1S/C13H26O3S2Si/c1-8-15-12(17)18-9-11(14)10(2)16-19(6,7)13(3,4)5/h10H,8-9H2,1-7H3. The van der Waals surface area contributed by atoms with Gasteiger partial charge in [0.1, 0.15) is 6.10 Å². The summed E-state index contributed by atoms with van der Waals surface area (Å²) in [6, 6.07) is 0. The number of carbonyl (C=O) groups is 1. The van der Waals surface area contributed by atoms with Crippen LogP contribution in [0.5, 0.6) is 0 Å². The Labute approximate surface area is 127 Å². The van der Waals surface area contributed by atoms with E-state index in [-0.39, 0.29) is 16.9 Å². The van der Waals surface area contributed by atoms with Crippen LogP contribution in [0.3, 0.4) is 0 Å². The zero-order valence-electron chi connectivity index (χ0n) is 13.0.